The van der Waals surface area contributed by atoms with Crippen LogP contribution in [-0.2, 0) is 6.42 Å². The van der Waals surface area contributed by atoms with Gasteiger partial charge in [0.2, 0.25) is 0 Å². The average molecular weight is 548 g/mol. The lowest BCUT2D eigenvalue weighted by atomic mass is 10.0. The van der Waals surface area contributed by atoms with Crippen LogP contribution in [0.3, 0.4) is 0 Å². The Balaban J connectivity index is 1.14. The van der Waals surface area contributed by atoms with Crippen LogP contribution in [0.5, 0.6) is 5.88 Å². The van der Waals surface area contributed by atoms with Gasteiger partial charge in [0.1, 0.15) is 0 Å². The number of aromatic nitrogens is 3. The standard InChI is InChI=1S/C32H33N7O2/c1-21-17-30(37-36-21)32(41)34-25-6-3-22(4-7-25)18-23-5-12-29-27(19-23)28(31(40)35-29)20-33-24-8-10-26(11-9-24)39-15-13-38(2)14-16-39/h3-12,17,19-20,35,40H,13-16,18H2,1-2H3,(H,34,41)(H,36,37). The Bertz CT molecular complexity index is 1690. The molecule has 208 valence electrons. The lowest BCUT2D eigenvalue weighted by molar-refractivity contribution is 0.102. The lowest BCUT2D eigenvalue weighted by Crippen LogP contribution is -2.44. The van der Waals surface area contributed by atoms with E-state index in [2.05, 4.69) is 60.5 Å². The number of piperazine rings is 1. The molecule has 0 bridgehead atoms. The number of likely N-dealkylation sites (N-methyl/N-ethyl adjacent to an activating group) is 1. The zero-order valence-corrected chi connectivity index (χ0v) is 23.2. The lowest BCUT2D eigenvalue weighted by Gasteiger charge is -2.34. The molecule has 1 saturated heterocycles. The van der Waals surface area contributed by atoms with Crippen LogP contribution in [0.1, 0.15) is 32.9 Å². The molecule has 0 aliphatic carbocycles. The zero-order chi connectivity index (χ0) is 28.3. The Morgan fingerprint density at radius 1 is 1.00 bits per heavy atom. The minimum absolute atomic E-state index is 0.0992. The van der Waals surface area contributed by atoms with Crippen molar-refractivity contribution < 1.29 is 9.90 Å². The van der Waals surface area contributed by atoms with Crippen molar-refractivity contribution in [2.24, 2.45) is 4.99 Å². The molecule has 1 fully saturated rings. The zero-order valence-electron chi connectivity index (χ0n) is 23.2. The van der Waals surface area contributed by atoms with E-state index < -0.39 is 0 Å². The Kier molecular flexibility index (Phi) is 7.26. The van der Waals surface area contributed by atoms with Crippen molar-refractivity contribution in [2.45, 2.75) is 13.3 Å². The number of aryl methyl sites for hydroxylation is 1. The summed E-state index contributed by atoms with van der Waals surface area (Å²) in [5.74, 6) is -0.151. The van der Waals surface area contributed by atoms with Gasteiger partial charge in [0.05, 0.1) is 11.3 Å². The summed E-state index contributed by atoms with van der Waals surface area (Å²) in [5.41, 5.74) is 7.67. The molecule has 9 heteroatoms. The van der Waals surface area contributed by atoms with E-state index in [1.54, 1.807) is 12.3 Å². The summed E-state index contributed by atoms with van der Waals surface area (Å²) in [6.07, 6.45) is 2.43. The summed E-state index contributed by atoms with van der Waals surface area (Å²) in [5, 5.41) is 21.2. The average Bonchev–Trinajstić information content (AvgIpc) is 3.55. The van der Waals surface area contributed by atoms with Gasteiger partial charge < -0.3 is 25.2 Å². The number of nitrogens with one attached hydrogen (secondary N) is 3. The third-order valence-electron chi connectivity index (χ3n) is 7.50. The molecule has 0 spiro atoms. The van der Waals surface area contributed by atoms with Crippen molar-refractivity contribution in [1.29, 1.82) is 0 Å². The van der Waals surface area contributed by atoms with Crippen molar-refractivity contribution in [3.8, 4) is 5.88 Å². The summed E-state index contributed by atoms with van der Waals surface area (Å²) < 4.78 is 0. The minimum atomic E-state index is -0.250. The number of carbonyl (C=O) groups is 1. The summed E-state index contributed by atoms with van der Waals surface area (Å²) in [6.45, 7) is 6.04. The second-order valence-corrected chi connectivity index (χ2v) is 10.6. The number of aromatic amines is 2. The first-order valence-corrected chi connectivity index (χ1v) is 13.7. The van der Waals surface area contributed by atoms with Gasteiger partial charge in [-0.05, 0) is 86.1 Å². The first kappa shape index (κ1) is 26.3. The molecule has 1 amide bonds. The molecule has 0 radical (unpaired) electrons. The molecule has 3 heterocycles. The monoisotopic (exact) mass is 547 g/mol. The molecule has 9 nitrogen and oxygen atoms in total. The molecule has 2 aromatic heterocycles. The van der Waals surface area contributed by atoms with Crippen LogP contribution in [0.25, 0.3) is 10.9 Å². The van der Waals surface area contributed by atoms with E-state index in [4.69, 9.17) is 0 Å². The van der Waals surface area contributed by atoms with Crippen LogP contribution in [0.4, 0.5) is 17.1 Å². The van der Waals surface area contributed by atoms with Gasteiger partial charge in [0.15, 0.2) is 11.6 Å². The normalized spacial score (nSPS) is 14.2. The number of anilines is 2. The Morgan fingerprint density at radius 2 is 1.73 bits per heavy atom. The first-order valence-electron chi connectivity index (χ1n) is 13.7. The summed E-state index contributed by atoms with van der Waals surface area (Å²) in [4.78, 5) is 24.8. The SMILES string of the molecule is Cc1cc(C(=O)Nc2ccc(Cc3ccc4[nH]c(O)c(C=Nc5ccc(N6CCN(C)CC6)cc5)c4c3)cc2)n[nH]1. The van der Waals surface area contributed by atoms with E-state index in [0.29, 0.717) is 23.4 Å². The molecule has 6 rings (SSSR count). The van der Waals surface area contributed by atoms with E-state index in [0.717, 1.165) is 59.6 Å². The van der Waals surface area contributed by atoms with Crippen molar-refractivity contribution in [3.63, 3.8) is 0 Å². The molecule has 0 saturated carbocycles. The number of H-pyrrole nitrogens is 2. The van der Waals surface area contributed by atoms with Gasteiger partial charge in [-0.25, -0.2) is 0 Å². The smallest absolute Gasteiger partial charge is 0.276 e. The molecular formula is C32H33N7O2. The van der Waals surface area contributed by atoms with Crippen LogP contribution in [0, 0.1) is 6.92 Å². The highest BCUT2D eigenvalue weighted by atomic mass is 16.3. The maximum atomic E-state index is 12.4. The summed E-state index contributed by atoms with van der Waals surface area (Å²) in [6, 6.07) is 23.9. The van der Waals surface area contributed by atoms with Gasteiger partial charge >= 0.3 is 0 Å². The Hall–Kier alpha value is -4.89. The maximum Gasteiger partial charge on any atom is 0.276 e. The number of hydrogen-bond acceptors (Lipinski definition) is 6. The summed E-state index contributed by atoms with van der Waals surface area (Å²) in [7, 11) is 2.16. The predicted molar refractivity (Wildman–Crippen MR) is 164 cm³/mol. The fourth-order valence-electron chi connectivity index (χ4n) is 5.11. The number of benzene rings is 3. The fourth-order valence-corrected chi connectivity index (χ4v) is 5.11. The largest absolute Gasteiger partial charge is 0.494 e. The van der Waals surface area contributed by atoms with Crippen LogP contribution in [0.2, 0.25) is 0 Å². The number of aliphatic imine (C=N–C) groups is 1. The van der Waals surface area contributed by atoms with E-state index >= 15 is 0 Å². The fraction of sp³-hybridized carbons (Fsp3) is 0.219. The molecule has 1 aliphatic heterocycles. The molecule has 0 atom stereocenters. The third-order valence-corrected chi connectivity index (χ3v) is 7.50. The number of amides is 1. The first-order chi connectivity index (χ1) is 19.9. The molecule has 3 aromatic carbocycles. The molecule has 1 aliphatic rings. The number of hydrogen-bond donors (Lipinski definition) is 4. The van der Waals surface area contributed by atoms with Gasteiger partial charge in [-0.1, -0.05) is 18.2 Å². The topological polar surface area (TPSA) is 113 Å². The number of rotatable bonds is 7. The van der Waals surface area contributed by atoms with Crippen LogP contribution >= 0.6 is 0 Å². The van der Waals surface area contributed by atoms with E-state index in [1.165, 1.54) is 5.69 Å². The number of nitrogens with zero attached hydrogens (tertiary/aromatic N) is 4. The van der Waals surface area contributed by atoms with Gasteiger partial charge in [0, 0.05) is 60.4 Å². The van der Waals surface area contributed by atoms with Crippen LogP contribution in [0.15, 0.2) is 77.8 Å². The van der Waals surface area contributed by atoms with Crippen molar-refractivity contribution in [1.82, 2.24) is 20.1 Å². The van der Waals surface area contributed by atoms with Gasteiger partial charge in [-0.2, -0.15) is 5.10 Å². The quantitative estimate of drug-likeness (QED) is 0.208. The Morgan fingerprint density at radius 3 is 2.44 bits per heavy atom. The Labute approximate surface area is 238 Å². The molecule has 0 unspecified atom stereocenters. The van der Waals surface area contributed by atoms with Crippen LogP contribution in [-0.4, -0.2) is 70.5 Å². The molecule has 41 heavy (non-hydrogen) atoms. The van der Waals surface area contributed by atoms with Crippen LogP contribution < -0.4 is 10.2 Å². The van der Waals surface area contributed by atoms with Gasteiger partial charge in [-0.3, -0.25) is 14.9 Å². The second-order valence-electron chi connectivity index (χ2n) is 10.6. The van der Waals surface area contributed by atoms with E-state index in [-0.39, 0.29) is 11.8 Å². The molecule has 4 N–H and O–H groups in total. The maximum absolute atomic E-state index is 12.4. The van der Waals surface area contributed by atoms with E-state index in [1.807, 2.05) is 55.5 Å². The predicted octanol–water partition coefficient (Wildman–Crippen LogP) is 5.25. The van der Waals surface area contributed by atoms with Crippen molar-refractivity contribution >= 4 is 40.1 Å². The molecular weight excluding hydrogens is 514 g/mol. The second kappa shape index (κ2) is 11.3. The van der Waals surface area contributed by atoms with Gasteiger partial charge in [0.25, 0.3) is 5.91 Å². The highest BCUT2D eigenvalue weighted by Gasteiger charge is 2.14. The highest BCUT2D eigenvalue weighted by molar-refractivity contribution is 6.03. The van der Waals surface area contributed by atoms with E-state index in [9.17, 15) is 9.90 Å². The third kappa shape index (κ3) is 6.00. The number of fused-ring (bicyclic) bond motifs is 1. The summed E-state index contributed by atoms with van der Waals surface area (Å²) >= 11 is 0. The highest BCUT2D eigenvalue weighted by Crippen LogP contribution is 2.29. The van der Waals surface area contributed by atoms with Gasteiger partial charge in [-0.15, -0.1) is 0 Å². The van der Waals surface area contributed by atoms with Crippen molar-refractivity contribution in [2.75, 3.05) is 43.4 Å². The number of aromatic hydroxyl groups is 1. The number of carbonyl (C=O) groups excluding carboxylic acids is 1. The minimum Gasteiger partial charge on any atom is -0.494 e. The molecule has 5 aromatic rings. The van der Waals surface area contributed by atoms with Crippen molar-refractivity contribution in [3.05, 3.63) is 101 Å².